The van der Waals surface area contributed by atoms with Gasteiger partial charge >= 0.3 is 0 Å². The first kappa shape index (κ1) is 12.2. The first-order valence-electron chi connectivity index (χ1n) is 5.56. The van der Waals surface area contributed by atoms with E-state index >= 15 is 0 Å². The molecule has 0 saturated carbocycles. The predicted molar refractivity (Wildman–Crippen MR) is 63.8 cm³/mol. The fourth-order valence-corrected chi connectivity index (χ4v) is 1.86. The molecule has 0 aromatic heterocycles. The molecule has 1 atom stereocenters. The fourth-order valence-electron chi connectivity index (χ4n) is 1.86. The molecule has 2 heteroatoms. The minimum atomic E-state index is 0.190. The molecular formula is C13H21NO. The molecule has 1 aromatic carbocycles. The maximum Gasteiger partial charge on any atom is 0.0556 e. The zero-order valence-electron chi connectivity index (χ0n) is 9.83. The summed E-state index contributed by atoms with van der Waals surface area (Å²) in [6, 6.07) is 8.74. The van der Waals surface area contributed by atoms with Gasteiger partial charge in [-0.15, -0.1) is 0 Å². The van der Waals surface area contributed by atoms with Gasteiger partial charge in [-0.25, -0.2) is 0 Å². The van der Waals surface area contributed by atoms with Crippen LogP contribution in [0, 0.1) is 12.8 Å². The number of aliphatic hydroxyl groups is 1. The van der Waals surface area contributed by atoms with Gasteiger partial charge < -0.3 is 10.4 Å². The third-order valence-corrected chi connectivity index (χ3v) is 2.67. The molecule has 0 radical (unpaired) electrons. The number of benzene rings is 1. The summed E-state index contributed by atoms with van der Waals surface area (Å²) in [6.07, 6.45) is 0. The van der Waals surface area contributed by atoms with E-state index in [0.717, 1.165) is 0 Å². The molecule has 0 saturated heterocycles. The first-order chi connectivity index (χ1) is 7.16. The van der Waals surface area contributed by atoms with Crippen LogP contribution >= 0.6 is 0 Å². The second kappa shape index (κ2) is 5.89. The summed E-state index contributed by atoms with van der Waals surface area (Å²) in [5, 5.41) is 12.2. The van der Waals surface area contributed by atoms with Gasteiger partial charge in [0.2, 0.25) is 0 Å². The molecule has 0 unspecified atom stereocenters. The van der Waals surface area contributed by atoms with Crippen molar-refractivity contribution in [2.24, 2.45) is 5.92 Å². The lowest BCUT2D eigenvalue weighted by Gasteiger charge is -2.24. The Morgan fingerprint density at radius 1 is 1.27 bits per heavy atom. The van der Waals surface area contributed by atoms with Gasteiger partial charge in [-0.3, -0.25) is 0 Å². The molecule has 15 heavy (non-hydrogen) atoms. The highest BCUT2D eigenvalue weighted by Crippen LogP contribution is 2.24. The minimum absolute atomic E-state index is 0.190. The van der Waals surface area contributed by atoms with Crippen LogP contribution in [0.5, 0.6) is 0 Å². The Bertz CT molecular complexity index is 296. The van der Waals surface area contributed by atoms with Crippen LogP contribution in [0.2, 0.25) is 0 Å². The average molecular weight is 207 g/mol. The summed E-state index contributed by atoms with van der Waals surface area (Å²) in [4.78, 5) is 0. The molecule has 1 aromatic rings. The van der Waals surface area contributed by atoms with Crippen molar-refractivity contribution in [2.75, 3.05) is 13.2 Å². The summed E-state index contributed by atoms with van der Waals surface area (Å²) < 4.78 is 0. The monoisotopic (exact) mass is 207 g/mol. The van der Waals surface area contributed by atoms with Crippen molar-refractivity contribution in [3.63, 3.8) is 0 Å². The standard InChI is InChI=1S/C13H21NO/c1-10(2)13(14-8-9-15)12-7-5-4-6-11(12)3/h4-7,10,13-15H,8-9H2,1-3H3/t13-/m1/s1. The van der Waals surface area contributed by atoms with Gasteiger partial charge in [-0.1, -0.05) is 38.1 Å². The Balaban J connectivity index is 2.84. The Labute approximate surface area is 92.3 Å². The molecule has 0 aliphatic rings. The van der Waals surface area contributed by atoms with Gasteiger partial charge in [0.15, 0.2) is 0 Å². The van der Waals surface area contributed by atoms with E-state index in [1.54, 1.807) is 0 Å². The number of hydrogen-bond donors (Lipinski definition) is 2. The van der Waals surface area contributed by atoms with Crippen molar-refractivity contribution < 1.29 is 5.11 Å². The third-order valence-electron chi connectivity index (χ3n) is 2.67. The molecule has 2 N–H and O–H groups in total. The Morgan fingerprint density at radius 3 is 2.47 bits per heavy atom. The van der Waals surface area contributed by atoms with Gasteiger partial charge in [0.05, 0.1) is 6.61 Å². The van der Waals surface area contributed by atoms with Crippen molar-refractivity contribution in [1.82, 2.24) is 5.32 Å². The Morgan fingerprint density at radius 2 is 1.93 bits per heavy atom. The lowest BCUT2D eigenvalue weighted by Crippen LogP contribution is -2.28. The molecule has 0 heterocycles. The van der Waals surface area contributed by atoms with Crippen LogP contribution in [0.3, 0.4) is 0 Å². The van der Waals surface area contributed by atoms with Crippen LogP contribution in [0.15, 0.2) is 24.3 Å². The molecule has 2 nitrogen and oxygen atoms in total. The Kier molecular flexibility index (Phi) is 4.79. The number of aliphatic hydroxyl groups excluding tert-OH is 1. The number of hydrogen-bond acceptors (Lipinski definition) is 2. The van der Waals surface area contributed by atoms with E-state index < -0.39 is 0 Å². The fraction of sp³-hybridized carbons (Fsp3) is 0.538. The quantitative estimate of drug-likeness (QED) is 0.776. The summed E-state index contributed by atoms with van der Waals surface area (Å²) in [6.45, 7) is 7.36. The summed E-state index contributed by atoms with van der Waals surface area (Å²) >= 11 is 0. The molecular weight excluding hydrogens is 186 g/mol. The molecule has 0 amide bonds. The molecule has 0 spiro atoms. The topological polar surface area (TPSA) is 32.3 Å². The van der Waals surface area contributed by atoms with Crippen molar-refractivity contribution >= 4 is 0 Å². The predicted octanol–water partition coefficient (Wildman–Crippen LogP) is 2.27. The van der Waals surface area contributed by atoms with Crippen molar-refractivity contribution in [3.05, 3.63) is 35.4 Å². The zero-order chi connectivity index (χ0) is 11.3. The molecule has 84 valence electrons. The van der Waals surface area contributed by atoms with E-state index in [-0.39, 0.29) is 6.61 Å². The van der Waals surface area contributed by atoms with Crippen molar-refractivity contribution in [2.45, 2.75) is 26.8 Å². The lowest BCUT2D eigenvalue weighted by molar-refractivity contribution is 0.274. The molecule has 1 rings (SSSR count). The zero-order valence-corrected chi connectivity index (χ0v) is 9.83. The SMILES string of the molecule is Cc1ccccc1[C@H](NCCO)C(C)C. The highest BCUT2D eigenvalue weighted by Gasteiger charge is 2.15. The first-order valence-corrected chi connectivity index (χ1v) is 5.56. The van der Waals surface area contributed by atoms with E-state index in [1.165, 1.54) is 11.1 Å². The molecule has 0 fully saturated rings. The maximum absolute atomic E-state index is 8.85. The highest BCUT2D eigenvalue weighted by molar-refractivity contribution is 5.29. The lowest BCUT2D eigenvalue weighted by atomic mass is 9.93. The van der Waals surface area contributed by atoms with E-state index in [4.69, 9.17) is 5.11 Å². The second-order valence-electron chi connectivity index (χ2n) is 4.26. The van der Waals surface area contributed by atoms with Crippen LogP contribution in [0.4, 0.5) is 0 Å². The normalized spacial score (nSPS) is 13.1. The van der Waals surface area contributed by atoms with E-state index in [2.05, 4.69) is 50.4 Å². The van der Waals surface area contributed by atoms with Crippen LogP contribution < -0.4 is 5.32 Å². The number of nitrogens with one attached hydrogen (secondary N) is 1. The van der Waals surface area contributed by atoms with Gasteiger partial charge in [-0.05, 0) is 24.0 Å². The highest BCUT2D eigenvalue weighted by atomic mass is 16.3. The summed E-state index contributed by atoms with van der Waals surface area (Å²) in [5.41, 5.74) is 2.64. The van der Waals surface area contributed by atoms with Gasteiger partial charge in [0, 0.05) is 12.6 Å². The smallest absolute Gasteiger partial charge is 0.0556 e. The largest absolute Gasteiger partial charge is 0.395 e. The maximum atomic E-state index is 8.85. The number of aryl methyl sites for hydroxylation is 1. The van der Waals surface area contributed by atoms with Crippen LogP contribution in [0.25, 0.3) is 0 Å². The number of rotatable bonds is 5. The van der Waals surface area contributed by atoms with Crippen LogP contribution in [-0.4, -0.2) is 18.3 Å². The van der Waals surface area contributed by atoms with Crippen LogP contribution in [0.1, 0.15) is 31.0 Å². The second-order valence-corrected chi connectivity index (χ2v) is 4.26. The Hall–Kier alpha value is -0.860. The molecule has 0 bridgehead atoms. The van der Waals surface area contributed by atoms with E-state index in [0.29, 0.717) is 18.5 Å². The van der Waals surface area contributed by atoms with E-state index in [9.17, 15) is 0 Å². The average Bonchev–Trinajstić information content (AvgIpc) is 2.20. The van der Waals surface area contributed by atoms with Crippen LogP contribution in [-0.2, 0) is 0 Å². The van der Waals surface area contributed by atoms with E-state index in [1.807, 2.05) is 0 Å². The third kappa shape index (κ3) is 3.33. The van der Waals surface area contributed by atoms with Gasteiger partial charge in [0.25, 0.3) is 0 Å². The minimum Gasteiger partial charge on any atom is -0.395 e. The molecule has 0 aliphatic heterocycles. The summed E-state index contributed by atoms with van der Waals surface area (Å²) in [5.74, 6) is 0.526. The van der Waals surface area contributed by atoms with Gasteiger partial charge in [0.1, 0.15) is 0 Å². The molecule has 0 aliphatic carbocycles. The van der Waals surface area contributed by atoms with Crippen molar-refractivity contribution in [3.8, 4) is 0 Å². The summed E-state index contributed by atoms with van der Waals surface area (Å²) in [7, 11) is 0. The van der Waals surface area contributed by atoms with Gasteiger partial charge in [-0.2, -0.15) is 0 Å². The van der Waals surface area contributed by atoms with Crippen molar-refractivity contribution in [1.29, 1.82) is 0 Å².